The molecule has 31 heavy (non-hydrogen) atoms. The monoisotopic (exact) mass is 431 g/mol. The number of carbonyl (C=O) groups is 1. The molecule has 1 amide bonds. The predicted octanol–water partition coefficient (Wildman–Crippen LogP) is 5.79. The molecule has 0 unspecified atom stereocenters. The summed E-state index contributed by atoms with van der Waals surface area (Å²) in [5.74, 6) is 0.981. The molecule has 1 aromatic carbocycles. The lowest BCUT2D eigenvalue weighted by molar-refractivity contribution is -0.124. The van der Waals surface area contributed by atoms with Crippen molar-refractivity contribution in [1.29, 1.82) is 0 Å². The third-order valence-electron chi connectivity index (χ3n) is 5.55. The van der Waals surface area contributed by atoms with Gasteiger partial charge in [0.1, 0.15) is 0 Å². The van der Waals surface area contributed by atoms with E-state index in [1.165, 1.54) is 17.7 Å². The van der Waals surface area contributed by atoms with Crippen LogP contribution < -0.4 is 16.0 Å². The van der Waals surface area contributed by atoms with Crippen LogP contribution in [0.1, 0.15) is 87.1 Å². The lowest BCUT2D eigenvalue weighted by Gasteiger charge is -2.36. The van der Waals surface area contributed by atoms with Gasteiger partial charge in [0.05, 0.1) is 11.6 Å². The van der Waals surface area contributed by atoms with Crippen LogP contribution in [0.15, 0.2) is 24.3 Å². The maximum absolute atomic E-state index is 12.6. The number of hydrogen-bond donors (Lipinski definition) is 2. The highest BCUT2D eigenvalue weighted by Crippen LogP contribution is 2.24. The summed E-state index contributed by atoms with van der Waals surface area (Å²) in [7, 11) is 0. The molecule has 3 N–H and O–H groups in total. The molecule has 1 aromatic rings. The van der Waals surface area contributed by atoms with Crippen molar-refractivity contribution in [2.75, 3.05) is 18.0 Å². The van der Waals surface area contributed by atoms with Crippen LogP contribution in [0.3, 0.4) is 0 Å². The van der Waals surface area contributed by atoms with E-state index < -0.39 is 6.04 Å². The SMILES string of the molecule is CC(C)CCN(CC(C)(C)NC(=O)[C@@H](N)CC(C)C)c1ccc(CCC(C)(C)C)cc1. The minimum absolute atomic E-state index is 0.0555. The van der Waals surface area contributed by atoms with Gasteiger partial charge >= 0.3 is 0 Å². The average molecular weight is 432 g/mol. The number of rotatable bonds is 12. The van der Waals surface area contributed by atoms with Crippen LogP contribution in [-0.2, 0) is 11.2 Å². The van der Waals surface area contributed by atoms with Crippen LogP contribution in [0.25, 0.3) is 0 Å². The molecule has 0 saturated carbocycles. The summed E-state index contributed by atoms with van der Waals surface area (Å²) in [6.45, 7) is 21.5. The van der Waals surface area contributed by atoms with Crippen molar-refractivity contribution in [3.63, 3.8) is 0 Å². The molecule has 0 saturated heterocycles. The number of amides is 1. The van der Waals surface area contributed by atoms with E-state index in [2.05, 4.69) is 96.8 Å². The minimum atomic E-state index is -0.453. The fourth-order valence-electron chi connectivity index (χ4n) is 3.66. The molecule has 1 rings (SSSR count). The van der Waals surface area contributed by atoms with Gasteiger partial charge in [-0.3, -0.25) is 4.79 Å². The Hall–Kier alpha value is -1.55. The van der Waals surface area contributed by atoms with E-state index in [0.717, 1.165) is 25.9 Å². The molecule has 1 atom stereocenters. The highest BCUT2D eigenvalue weighted by molar-refractivity contribution is 5.82. The first-order valence-corrected chi connectivity index (χ1v) is 12.1. The van der Waals surface area contributed by atoms with E-state index in [9.17, 15) is 4.79 Å². The molecule has 0 radical (unpaired) electrons. The Morgan fingerprint density at radius 2 is 1.58 bits per heavy atom. The quantitative estimate of drug-likeness (QED) is 0.440. The van der Waals surface area contributed by atoms with Gasteiger partial charge in [0.2, 0.25) is 5.91 Å². The first-order valence-electron chi connectivity index (χ1n) is 12.1. The second kappa shape index (κ2) is 11.9. The summed E-state index contributed by atoms with van der Waals surface area (Å²) in [4.78, 5) is 15.0. The van der Waals surface area contributed by atoms with E-state index in [-0.39, 0.29) is 11.4 Å². The number of benzene rings is 1. The molecule has 0 aliphatic rings. The lowest BCUT2D eigenvalue weighted by Crippen LogP contribution is -2.56. The van der Waals surface area contributed by atoms with Crippen LogP contribution >= 0.6 is 0 Å². The number of nitrogens with two attached hydrogens (primary N) is 1. The van der Waals surface area contributed by atoms with E-state index >= 15 is 0 Å². The number of hydrogen-bond acceptors (Lipinski definition) is 3. The van der Waals surface area contributed by atoms with Gasteiger partial charge in [-0.2, -0.15) is 0 Å². The predicted molar refractivity (Wildman–Crippen MR) is 136 cm³/mol. The fourth-order valence-corrected chi connectivity index (χ4v) is 3.66. The van der Waals surface area contributed by atoms with Crippen molar-refractivity contribution < 1.29 is 4.79 Å². The summed E-state index contributed by atoms with van der Waals surface area (Å²) in [5.41, 5.74) is 8.70. The summed E-state index contributed by atoms with van der Waals surface area (Å²) in [6, 6.07) is 8.54. The molecule has 0 aromatic heterocycles. The third-order valence-corrected chi connectivity index (χ3v) is 5.55. The molecule has 4 heteroatoms. The molecule has 0 bridgehead atoms. The molecule has 178 valence electrons. The van der Waals surface area contributed by atoms with Crippen LogP contribution in [0.5, 0.6) is 0 Å². The van der Waals surface area contributed by atoms with Crippen molar-refractivity contribution in [3.8, 4) is 0 Å². The largest absolute Gasteiger partial charge is 0.369 e. The molecule has 0 spiro atoms. The van der Waals surface area contributed by atoms with Crippen molar-refractivity contribution in [3.05, 3.63) is 29.8 Å². The van der Waals surface area contributed by atoms with Gasteiger partial charge in [-0.25, -0.2) is 0 Å². The highest BCUT2D eigenvalue weighted by Gasteiger charge is 2.27. The van der Waals surface area contributed by atoms with Gasteiger partial charge in [0, 0.05) is 18.8 Å². The molecule has 0 aliphatic carbocycles. The first-order chi connectivity index (χ1) is 14.2. The smallest absolute Gasteiger partial charge is 0.237 e. The Balaban J connectivity index is 2.89. The van der Waals surface area contributed by atoms with Gasteiger partial charge in [0.15, 0.2) is 0 Å². The first kappa shape index (κ1) is 27.5. The summed E-state index contributed by atoms with van der Waals surface area (Å²) < 4.78 is 0. The topological polar surface area (TPSA) is 58.4 Å². The summed E-state index contributed by atoms with van der Waals surface area (Å²) in [6.07, 6.45) is 4.10. The van der Waals surface area contributed by atoms with E-state index in [0.29, 0.717) is 23.7 Å². The van der Waals surface area contributed by atoms with Gasteiger partial charge in [-0.15, -0.1) is 0 Å². The number of carbonyl (C=O) groups excluding carboxylic acids is 1. The van der Waals surface area contributed by atoms with Crippen LogP contribution in [0.2, 0.25) is 0 Å². The fraction of sp³-hybridized carbons (Fsp3) is 0.741. The third kappa shape index (κ3) is 11.6. The number of nitrogens with one attached hydrogen (secondary N) is 1. The van der Waals surface area contributed by atoms with Crippen LogP contribution in [-0.4, -0.2) is 30.6 Å². The molecule has 0 aliphatic heterocycles. The second-order valence-corrected chi connectivity index (χ2v) is 11.9. The van der Waals surface area contributed by atoms with Gasteiger partial charge in [-0.05, 0) is 74.5 Å². The number of nitrogens with zero attached hydrogens (tertiary/aromatic N) is 1. The zero-order valence-corrected chi connectivity index (χ0v) is 21.7. The van der Waals surface area contributed by atoms with E-state index in [1.807, 2.05) is 0 Å². The molecule has 4 nitrogen and oxygen atoms in total. The molecular weight excluding hydrogens is 382 g/mol. The Morgan fingerprint density at radius 3 is 2.06 bits per heavy atom. The van der Waals surface area contributed by atoms with Gasteiger partial charge in [0.25, 0.3) is 0 Å². The molecule has 0 fully saturated rings. The minimum Gasteiger partial charge on any atom is -0.369 e. The van der Waals surface area contributed by atoms with Crippen molar-refractivity contribution >= 4 is 11.6 Å². The van der Waals surface area contributed by atoms with E-state index in [4.69, 9.17) is 5.73 Å². The van der Waals surface area contributed by atoms with Gasteiger partial charge in [-0.1, -0.05) is 60.6 Å². The maximum Gasteiger partial charge on any atom is 0.237 e. The molecule has 0 heterocycles. The zero-order chi connectivity index (χ0) is 23.8. The number of aryl methyl sites for hydroxylation is 1. The van der Waals surface area contributed by atoms with Gasteiger partial charge < -0.3 is 16.0 Å². The van der Waals surface area contributed by atoms with Crippen molar-refractivity contribution in [2.24, 2.45) is 23.0 Å². The molecular formula is C27H49N3O. The van der Waals surface area contributed by atoms with Crippen molar-refractivity contribution in [2.45, 2.75) is 99.6 Å². The standard InChI is InChI=1S/C27H49N3O/c1-20(2)15-17-30(19-27(8,9)29-25(31)24(28)18-21(3)4)23-12-10-22(11-13-23)14-16-26(5,6)7/h10-13,20-21,24H,14-19,28H2,1-9H3,(H,29,31)/t24-/m0/s1. The highest BCUT2D eigenvalue weighted by atomic mass is 16.2. The Bertz CT molecular complexity index is 656. The van der Waals surface area contributed by atoms with Crippen molar-refractivity contribution in [1.82, 2.24) is 5.32 Å². The van der Waals surface area contributed by atoms with Crippen LogP contribution in [0, 0.1) is 17.3 Å². The number of anilines is 1. The Morgan fingerprint density at radius 1 is 1.00 bits per heavy atom. The second-order valence-electron chi connectivity index (χ2n) is 11.9. The average Bonchev–Trinajstić information content (AvgIpc) is 2.62. The summed E-state index contributed by atoms with van der Waals surface area (Å²) >= 11 is 0. The maximum atomic E-state index is 12.6. The van der Waals surface area contributed by atoms with Crippen LogP contribution in [0.4, 0.5) is 5.69 Å². The summed E-state index contributed by atoms with van der Waals surface area (Å²) in [5, 5.41) is 3.19. The lowest BCUT2D eigenvalue weighted by atomic mass is 9.88. The zero-order valence-electron chi connectivity index (χ0n) is 21.7. The van der Waals surface area contributed by atoms with E-state index in [1.54, 1.807) is 0 Å². The Kier molecular flexibility index (Phi) is 10.5. The Labute approximate surface area is 192 Å². The normalized spacial score (nSPS) is 13.5.